The first kappa shape index (κ1) is 27.6. The Morgan fingerprint density at radius 1 is 1.08 bits per heavy atom. The smallest absolute Gasteiger partial charge is 0.260 e. The molecular formula is C27H32Cl2N4O3. The number of aromatic nitrogens is 2. The molecule has 0 aliphatic rings. The van der Waals surface area contributed by atoms with Crippen LogP contribution in [0.2, 0.25) is 10.0 Å². The molecule has 0 atom stereocenters. The van der Waals surface area contributed by atoms with Gasteiger partial charge in [0, 0.05) is 23.0 Å². The second kappa shape index (κ2) is 12.3. The molecule has 1 aromatic heterocycles. The van der Waals surface area contributed by atoms with Gasteiger partial charge in [-0.2, -0.15) is 5.10 Å². The SMILES string of the molecule is CCCCN(CC(=O)Nc1cc(C(C)(C)C)nn1-c1ccccc1Cl)C(=O)COc1ccc(Cl)cc1. The van der Waals surface area contributed by atoms with Crippen molar-refractivity contribution in [3.63, 3.8) is 0 Å². The molecule has 2 aromatic carbocycles. The molecule has 1 heterocycles. The van der Waals surface area contributed by atoms with E-state index in [4.69, 9.17) is 33.0 Å². The number of hydrogen-bond donors (Lipinski definition) is 1. The molecule has 192 valence electrons. The molecule has 3 aromatic rings. The number of carbonyl (C=O) groups is 2. The minimum absolute atomic E-state index is 0.110. The van der Waals surface area contributed by atoms with Crippen molar-refractivity contribution in [1.82, 2.24) is 14.7 Å². The van der Waals surface area contributed by atoms with E-state index in [0.29, 0.717) is 33.8 Å². The van der Waals surface area contributed by atoms with Gasteiger partial charge in [0.25, 0.3) is 5.91 Å². The monoisotopic (exact) mass is 530 g/mol. The van der Waals surface area contributed by atoms with E-state index in [1.54, 1.807) is 35.0 Å². The van der Waals surface area contributed by atoms with Crippen LogP contribution in [-0.2, 0) is 15.0 Å². The van der Waals surface area contributed by atoms with Crippen LogP contribution in [0.15, 0.2) is 54.6 Å². The number of carbonyl (C=O) groups excluding carboxylic acids is 2. The highest BCUT2D eigenvalue weighted by atomic mass is 35.5. The van der Waals surface area contributed by atoms with Crippen molar-refractivity contribution in [1.29, 1.82) is 0 Å². The van der Waals surface area contributed by atoms with Crippen molar-refractivity contribution in [2.24, 2.45) is 0 Å². The van der Waals surface area contributed by atoms with Gasteiger partial charge < -0.3 is 15.0 Å². The van der Waals surface area contributed by atoms with E-state index in [-0.39, 0.29) is 30.4 Å². The quantitative estimate of drug-likeness (QED) is 0.342. The summed E-state index contributed by atoms with van der Waals surface area (Å²) in [7, 11) is 0. The average molecular weight is 531 g/mol. The zero-order valence-electron chi connectivity index (χ0n) is 21.1. The van der Waals surface area contributed by atoms with Crippen LogP contribution in [0.1, 0.15) is 46.2 Å². The first-order valence-electron chi connectivity index (χ1n) is 11.9. The number of hydrogen-bond acceptors (Lipinski definition) is 4. The van der Waals surface area contributed by atoms with Gasteiger partial charge in [-0.1, -0.05) is 69.5 Å². The largest absolute Gasteiger partial charge is 0.484 e. The minimum atomic E-state index is -0.334. The summed E-state index contributed by atoms with van der Waals surface area (Å²) in [5.74, 6) is 0.410. The summed E-state index contributed by atoms with van der Waals surface area (Å²) < 4.78 is 7.23. The van der Waals surface area contributed by atoms with Gasteiger partial charge in [0.2, 0.25) is 5.91 Å². The second-order valence-corrected chi connectivity index (χ2v) is 10.3. The minimum Gasteiger partial charge on any atom is -0.484 e. The van der Waals surface area contributed by atoms with Crippen molar-refractivity contribution in [3.05, 3.63) is 70.3 Å². The fourth-order valence-electron chi connectivity index (χ4n) is 3.41. The predicted octanol–water partition coefficient (Wildman–Crippen LogP) is 6.12. The number of para-hydroxylation sites is 1. The van der Waals surface area contributed by atoms with E-state index < -0.39 is 0 Å². The highest BCUT2D eigenvalue weighted by Crippen LogP contribution is 2.29. The van der Waals surface area contributed by atoms with Crippen molar-refractivity contribution < 1.29 is 14.3 Å². The van der Waals surface area contributed by atoms with E-state index in [2.05, 4.69) is 5.32 Å². The molecule has 7 nitrogen and oxygen atoms in total. The summed E-state index contributed by atoms with van der Waals surface area (Å²) in [6.45, 7) is 8.33. The molecule has 2 amide bonds. The predicted molar refractivity (Wildman–Crippen MR) is 144 cm³/mol. The van der Waals surface area contributed by atoms with Crippen LogP contribution in [0.25, 0.3) is 5.69 Å². The first-order valence-corrected chi connectivity index (χ1v) is 12.7. The van der Waals surface area contributed by atoms with Gasteiger partial charge in [-0.3, -0.25) is 9.59 Å². The van der Waals surface area contributed by atoms with Crippen molar-refractivity contribution in [2.45, 2.75) is 46.0 Å². The summed E-state index contributed by atoms with van der Waals surface area (Å²) in [6.07, 6.45) is 1.66. The number of nitrogens with zero attached hydrogens (tertiary/aromatic N) is 3. The number of unbranched alkanes of at least 4 members (excludes halogenated alkanes) is 1. The third kappa shape index (κ3) is 7.48. The van der Waals surface area contributed by atoms with E-state index >= 15 is 0 Å². The molecule has 0 saturated heterocycles. The average Bonchev–Trinajstić information content (AvgIpc) is 3.25. The first-order chi connectivity index (χ1) is 17.1. The molecular weight excluding hydrogens is 499 g/mol. The number of halogens is 2. The van der Waals surface area contributed by atoms with Gasteiger partial charge in [-0.15, -0.1) is 0 Å². The van der Waals surface area contributed by atoms with Crippen LogP contribution >= 0.6 is 23.2 Å². The van der Waals surface area contributed by atoms with Gasteiger partial charge >= 0.3 is 0 Å². The standard InChI is InChI=1S/C27H32Cl2N4O3/c1-5-6-15-32(26(35)18-36-20-13-11-19(28)12-14-20)17-25(34)30-24-16-23(27(2,3)4)31-33(24)22-10-8-7-9-21(22)29/h7-14,16H,5-6,15,17-18H2,1-4H3,(H,30,34). The van der Waals surface area contributed by atoms with E-state index in [1.807, 2.05) is 52.0 Å². The molecule has 0 fully saturated rings. The van der Waals surface area contributed by atoms with E-state index in [9.17, 15) is 9.59 Å². The van der Waals surface area contributed by atoms with Crippen molar-refractivity contribution >= 4 is 40.8 Å². The fourth-order valence-corrected chi connectivity index (χ4v) is 3.75. The molecule has 36 heavy (non-hydrogen) atoms. The van der Waals surface area contributed by atoms with Crippen LogP contribution in [0, 0.1) is 0 Å². The van der Waals surface area contributed by atoms with Crippen LogP contribution < -0.4 is 10.1 Å². The summed E-state index contributed by atoms with van der Waals surface area (Å²) >= 11 is 12.3. The maximum atomic E-state index is 13.1. The Morgan fingerprint density at radius 2 is 1.78 bits per heavy atom. The third-order valence-electron chi connectivity index (χ3n) is 5.47. The molecule has 0 aliphatic carbocycles. The van der Waals surface area contributed by atoms with Gasteiger partial charge in [-0.25, -0.2) is 4.68 Å². The molecule has 0 aliphatic heterocycles. The van der Waals surface area contributed by atoms with Gasteiger partial charge in [0.1, 0.15) is 18.1 Å². The zero-order chi connectivity index (χ0) is 26.3. The fraction of sp³-hybridized carbons (Fsp3) is 0.370. The van der Waals surface area contributed by atoms with Crippen molar-refractivity contribution in [2.75, 3.05) is 25.0 Å². The van der Waals surface area contributed by atoms with Crippen LogP contribution in [-0.4, -0.2) is 46.2 Å². The normalized spacial score (nSPS) is 11.3. The number of amides is 2. The Labute approximate surface area is 222 Å². The Morgan fingerprint density at radius 3 is 2.42 bits per heavy atom. The Bertz CT molecular complexity index is 1190. The molecule has 0 saturated carbocycles. The van der Waals surface area contributed by atoms with Gasteiger partial charge in [0.15, 0.2) is 6.61 Å². The van der Waals surface area contributed by atoms with Crippen LogP contribution in [0.5, 0.6) is 5.75 Å². The van der Waals surface area contributed by atoms with Gasteiger partial charge in [-0.05, 0) is 42.8 Å². The summed E-state index contributed by atoms with van der Waals surface area (Å²) in [5.41, 5.74) is 1.21. The van der Waals surface area contributed by atoms with E-state index in [0.717, 1.165) is 18.5 Å². The Balaban J connectivity index is 1.76. The molecule has 3 rings (SSSR count). The molecule has 1 N–H and O–H groups in total. The molecule has 9 heteroatoms. The molecule has 0 unspecified atom stereocenters. The summed E-state index contributed by atoms with van der Waals surface area (Å²) in [6, 6.07) is 15.9. The lowest BCUT2D eigenvalue weighted by Crippen LogP contribution is -2.41. The zero-order valence-corrected chi connectivity index (χ0v) is 22.6. The number of benzene rings is 2. The summed E-state index contributed by atoms with van der Waals surface area (Å²) in [4.78, 5) is 27.5. The maximum Gasteiger partial charge on any atom is 0.260 e. The second-order valence-electron chi connectivity index (χ2n) is 9.49. The number of rotatable bonds is 10. The lowest BCUT2D eigenvalue weighted by molar-refractivity contribution is -0.136. The maximum absolute atomic E-state index is 13.1. The number of nitrogens with one attached hydrogen (secondary N) is 1. The lowest BCUT2D eigenvalue weighted by Gasteiger charge is -2.22. The highest BCUT2D eigenvalue weighted by molar-refractivity contribution is 6.32. The van der Waals surface area contributed by atoms with Crippen LogP contribution in [0.4, 0.5) is 5.82 Å². The number of anilines is 1. The van der Waals surface area contributed by atoms with Crippen LogP contribution in [0.3, 0.4) is 0 Å². The Hall–Kier alpha value is -3.03. The van der Waals surface area contributed by atoms with Gasteiger partial charge in [0.05, 0.1) is 16.4 Å². The summed E-state index contributed by atoms with van der Waals surface area (Å²) in [5, 5.41) is 8.72. The number of ether oxygens (including phenoxy) is 1. The molecule has 0 radical (unpaired) electrons. The topological polar surface area (TPSA) is 76.5 Å². The molecule has 0 bridgehead atoms. The van der Waals surface area contributed by atoms with Crippen molar-refractivity contribution in [3.8, 4) is 11.4 Å². The molecule has 0 spiro atoms. The Kier molecular flexibility index (Phi) is 9.40. The highest BCUT2D eigenvalue weighted by Gasteiger charge is 2.24. The van der Waals surface area contributed by atoms with E-state index in [1.165, 1.54) is 4.90 Å². The lowest BCUT2D eigenvalue weighted by atomic mass is 9.92. The third-order valence-corrected chi connectivity index (χ3v) is 6.04.